The van der Waals surface area contributed by atoms with Crippen LogP contribution in [0.2, 0.25) is 0 Å². The first-order valence-corrected chi connectivity index (χ1v) is 6.60. The van der Waals surface area contributed by atoms with Crippen LogP contribution in [0.4, 0.5) is 4.39 Å². The highest BCUT2D eigenvalue weighted by molar-refractivity contribution is 5.75. The fourth-order valence-corrected chi connectivity index (χ4v) is 1.85. The van der Waals surface area contributed by atoms with Gasteiger partial charge in [0.2, 0.25) is 0 Å². The van der Waals surface area contributed by atoms with Gasteiger partial charge >= 0.3 is 0 Å². The SMILES string of the molecule is CC(=O)CCc1ccc(OCc2ccccc2F)cc1. The van der Waals surface area contributed by atoms with Crippen molar-refractivity contribution in [2.75, 3.05) is 0 Å². The minimum absolute atomic E-state index is 0.185. The van der Waals surface area contributed by atoms with Gasteiger partial charge in [-0.1, -0.05) is 30.3 Å². The number of rotatable bonds is 6. The first kappa shape index (κ1) is 14.3. The number of hydrogen-bond acceptors (Lipinski definition) is 2. The Bertz CT molecular complexity index is 576. The van der Waals surface area contributed by atoms with E-state index in [1.807, 2.05) is 24.3 Å². The van der Waals surface area contributed by atoms with Crippen LogP contribution in [0.3, 0.4) is 0 Å². The number of hydrogen-bond donors (Lipinski definition) is 0. The molecule has 0 amide bonds. The van der Waals surface area contributed by atoms with Crippen molar-refractivity contribution in [3.63, 3.8) is 0 Å². The molecule has 20 heavy (non-hydrogen) atoms. The number of ketones is 1. The molecule has 3 heteroatoms. The fraction of sp³-hybridized carbons (Fsp3) is 0.235. The summed E-state index contributed by atoms with van der Waals surface area (Å²) in [4.78, 5) is 10.9. The van der Waals surface area contributed by atoms with E-state index in [0.29, 0.717) is 17.7 Å². The Hall–Kier alpha value is -2.16. The maximum atomic E-state index is 13.4. The molecule has 0 unspecified atom stereocenters. The van der Waals surface area contributed by atoms with Crippen LogP contribution in [-0.2, 0) is 17.8 Å². The molecule has 0 bridgehead atoms. The van der Waals surface area contributed by atoms with E-state index in [1.165, 1.54) is 6.07 Å². The van der Waals surface area contributed by atoms with Crippen molar-refractivity contribution in [1.29, 1.82) is 0 Å². The minimum atomic E-state index is -0.259. The fourth-order valence-electron chi connectivity index (χ4n) is 1.85. The summed E-state index contributed by atoms with van der Waals surface area (Å²) >= 11 is 0. The van der Waals surface area contributed by atoms with Crippen molar-refractivity contribution < 1.29 is 13.9 Å². The van der Waals surface area contributed by atoms with Crippen molar-refractivity contribution >= 4 is 5.78 Å². The molecular weight excluding hydrogens is 255 g/mol. The highest BCUT2D eigenvalue weighted by Gasteiger charge is 2.02. The average molecular weight is 272 g/mol. The molecule has 0 aliphatic carbocycles. The predicted octanol–water partition coefficient (Wildman–Crippen LogP) is 3.93. The van der Waals surface area contributed by atoms with Gasteiger partial charge in [-0.25, -0.2) is 4.39 Å². The van der Waals surface area contributed by atoms with E-state index in [9.17, 15) is 9.18 Å². The molecule has 2 nitrogen and oxygen atoms in total. The Morgan fingerprint density at radius 2 is 1.80 bits per heavy atom. The highest BCUT2D eigenvalue weighted by atomic mass is 19.1. The molecule has 0 aromatic heterocycles. The van der Waals surface area contributed by atoms with Crippen LogP contribution in [0.1, 0.15) is 24.5 Å². The maximum absolute atomic E-state index is 13.4. The number of ether oxygens (including phenoxy) is 1. The standard InChI is InChI=1S/C17H17FO2/c1-13(19)6-7-14-8-10-16(11-9-14)20-12-15-4-2-3-5-17(15)18/h2-5,8-11H,6-7,12H2,1H3. The van der Waals surface area contributed by atoms with Gasteiger partial charge in [0.05, 0.1) is 0 Å². The lowest BCUT2D eigenvalue weighted by Crippen LogP contribution is -1.98. The Morgan fingerprint density at radius 3 is 2.45 bits per heavy atom. The summed E-state index contributed by atoms with van der Waals surface area (Å²) in [7, 11) is 0. The van der Waals surface area contributed by atoms with E-state index in [4.69, 9.17) is 4.74 Å². The van der Waals surface area contributed by atoms with E-state index in [1.54, 1.807) is 25.1 Å². The minimum Gasteiger partial charge on any atom is -0.489 e. The summed E-state index contributed by atoms with van der Waals surface area (Å²) in [5.41, 5.74) is 1.63. The molecule has 2 aromatic rings. The molecule has 0 aliphatic rings. The Balaban J connectivity index is 1.91. The third kappa shape index (κ3) is 4.19. The number of carbonyl (C=O) groups excluding carboxylic acids is 1. The van der Waals surface area contributed by atoms with Gasteiger partial charge in [-0.05, 0) is 37.1 Å². The first-order valence-electron chi connectivity index (χ1n) is 6.60. The van der Waals surface area contributed by atoms with Crippen LogP contribution in [0.25, 0.3) is 0 Å². The van der Waals surface area contributed by atoms with Gasteiger partial charge in [-0.3, -0.25) is 0 Å². The van der Waals surface area contributed by atoms with Crippen molar-refractivity contribution in [3.05, 3.63) is 65.5 Å². The van der Waals surface area contributed by atoms with E-state index in [-0.39, 0.29) is 18.2 Å². The lowest BCUT2D eigenvalue weighted by Gasteiger charge is -2.08. The zero-order valence-electron chi connectivity index (χ0n) is 11.4. The van der Waals surface area contributed by atoms with Gasteiger partial charge in [0, 0.05) is 12.0 Å². The second kappa shape index (κ2) is 6.85. The van der Waals surface area contributed by atoms with Crippen molar-refractivity contribution in [2.45, 2.75) is 26.4 Å². The predicted molar refractivity (Wildman–Crippen MR) is 76.2 cm³/mol. The molecule has 104 valence electrons. The first-order chi connectivity index (χ1) is 9.65. The zero-order chi connectivity index (χ0) is 14.4. The monoisotopic (exact) mass is 272 g/mol. The third-order valence-corrected chi connectivity index (χ3v) is 3.04. The topological polar surface area (TPSA) is 26.3 Å². The molecule has 0 saturated carbocycles. The van der Waals surface area contributed by atoms with E-state index < -0.39 is 0 Å². The van der Waals surface area contributed by atoms with Gasteiger partial charge in [0.25, 0.3) is 0 Å². The molecule has 0 heterocycles. The van der Waals surface area contributed by atoms with Gasteiger partial charge in [-0.2, -0.15) is 0 Å². The molecule has 0 radical (unpaired) electrons. The summed E-state index contributed by atoms with van der Waals surface area (Å²) < 4.78 is 19.0. The lowest BCUT2D eigenvalue weighted by molar-refractivity contribution is -0.116. The van der Waals surface area contributed by atoms with Gasteiger partial charge in [0.1, 0.15) is 24.0 Å². The zero-order valence-corrected chi connectivity index (χ0v) is 11.4. The lowest BCUT2D eigenvalue weighted by atomic mass is 10.1. The Morgan fingerprint density at radius 1 is 1.10 bits per heavy atom. The summed E-state index contributed by atoms with van der Waals surface area (Å²) in [6.07, 6.45) is 1.29. The smallest absolute Gasteiger partial charge is 0.130 e. The summed E-state index contributed by atoms with van der Waals surface area (Å²) in [5, 5.41) is 0. The highest BCUT2D eigenvalue weighted by Crippen LogP contribution is 2.16. The maximum Gasteiger partial charge on any atom is 0.130 e. The molecule has 0 saturated heterocycles. The van der Waals surface area contributed by atoms with Crippen molar-refractivity contribution in [1.82, 2.24) is 0 Å². The van der Waals surface area contributed by atoms with Crippen molar-refractivity contribution in [3.8, 4) is 5.75 Å². The second-order valence-corrected chi connectivity index (χ2v) is 4.73. The molecule has 0 aliphatic heterocycles. The van der Waals surface area contributed by atoms with E-state index >= 15 is 0 Å². The third-order valence-electron chi connectivity index (χ3n) is 3.04. The van der Waals surface area contributed by atoms with Crippen LogP contribution in [0.15, 0.2) is 48.5 Å². The number of halogens is 1. The summed E-state index contributed by atoms with van der Waals surface area (Å²) in [5.74, 6) is 0.621. The van der Waals surface area contributed by atoms with Crippen LogP contribution >= 0.6 is 0 Å². The van der Waals surface area contributed by atoms with Crippen LogP contribution in [0, 0.1) is 5.82 Å². The molecule has 2 rings (SSSR count). The van der Waals surface area contributed by atoms with Crippen molar-refractivity contribution in [2.24, 2.45) is 0 Å². The molecule has 0 atom stereocenters. The summed E-state index contributed by atoms with van der Waals surface area (Å²) in [6, 6.07) is 14.1. The molecule has 0 spiro atoms. The molecule has 2 aromatic carbocycles. The van der Waals surface area contributed by atoms with Gasteiger partial charge < -0.3 is 9.53 Å². The molecule has 0 N–H and O–H groups in total. The Labute approximate surface area is 118 Å². The molecular formula is C17H17FO2. The Kier molecular flexibility index (Phi) is 4.88. The quantitative estimate of drug-likeness (QED) is 0.796. The van der Waals surface area contributed by atoms with Gasteiger partial charge in [-0.15, -0.1) is 0 Å². The largest absolute Gasteiger partial charge is 0.489 e. The second-order valence-electron chi connectivity index (χ2n) is 4.73. The normalized spacial score (nSPS) is 10.3. The van der Waals surface area contributed by atoms with Crippen LogP contribution in [-0.4, -0.2) is 5.78 Å². The summed E-state index contributed by atoms with van der Waals surface area (Å²) in [6.45, 7) is 1.80. The molecule has 0 fully saturated rings. The van der Waals surface area contributed by atoms with E-state index in [0.717, 1.165) is 12.0 Å². The number of aryl methyl sites for hydroxylation is 1. The number of carbonyl (C=O) groups is 1. The van der Waals surface area contributed by atoms with Crippen LogP contribution in [0.5, 0.6) is 5.75 Å². The van der Waals surface area contributed by atoms with Gasteiger partial charge in [0.15, 0.2) is 0 Å². The number of benzene rings is 2. The van der Waals surface area contributed by atoms with E-state index in [2.05, 4.69) is 0 Å². The number of Topliss-reactive ketones (excluding diaryl/α,β-unsaturated/α-hetero) is 1. The van der Waals surface area contributed by atoms with Crippen LogP contribution < -0.4 is 4.74 Å². The average Bonchev–Trinajstić information content (AvgIpc) is 2.45.